The number of methoxy groups -OCH3 is 1. The van der Waals surface area contributed by atoms with E-state index < -0.39 is 5.54 Å². The first-order valence-electron chi connectivity index (χ1n) is 10.5. The molecule has 2 aliphatic rings. The van der Waals surface area contributed by atoms with E-state index in [2.05, 4.69) is 23.1 Å². The molecule has 0 unspecified atom stereocenters. The van der Waals surface area contributed by atoms with Crippen LogP contribution in [-0.4, -0.2) is 25.2 Å². The smallest absolute Gasteiger partial charge is 0.195 e. The summed E-state index contributed by atoms with van der Waals surface area (Å²) in [5.41, 5.74) is 3.71. The van der Waals surface area contributed by atoms with Gasteiger partial charge >= 0.3 is 0 Å². The van der Waals surface area contributed by atoms with Crippen LogP contribution in [0.5, 0.6) is 5.75 Å². The Morgan fingerprint density at radius 2 is 1.74 bits per heavy atom. The van der Waals surface area contributed by atoms with E-state index in [1.165, 1.54) is 0 Å². The zero-order valence-electron chi connectivity index (χ0n) is 17.3. The Morgan fingerprint density at radius 3 is 2.42 bits per heavy atom. The molecule has 4 nitrogen and oxygen atoms in total. The third-order valence-electron chi connectivity index (χ3n) is 6.46. The maximum absolute atomic E-state index is 14.0. The average molecular weight is 409 g/mol. The molecule has 31 heavy (non-hydrogen) atoms. The van der Waals surface area contributed by atoms with E-state index >= 15 is 0 Å². The summed E-state index contributed by atoms with van der Waals surface area (Å²) in [6, 6.07) is 25.4. The van der Waals surface area contributed by atoms with E-state index in [0.29, 0.717) is 24.2 Å². The molecule has 0 amide bonds. The molecule has 2 heterocycles. The molecule has 0 N–H and O–H groups in total. The predicted octanol–water partition coefficient (Wildman–Crippen LogP) is 5.04. The summed E-state index contributed by atoms with van der Waals surface area (Å²) < 4.78 is 5.40. The molecule has 4 heteroatoms. The number of benzene rings is 3. The van der Waals surface area contributed by atoms with Gasteiger partial charge in [0.25, 0.3) is 0 Å². The molecule has 2 aliphatic heterocycles. The lowest BCUT2D eigenvalue weighted by Crippen LogP contribution is -2.55. The number of carbonyl (C=O) groups excluding carboxylic acids is 2. The summed E-state index contributed by atoms with van der Waals surface area (Å²) in [4.78, 5) is 28.0. The molecule has 0 bridgehead atoms. The van der Waals surface area contributed by atoms with Crippen LogP contribution in [0.4, 0.5) is 5.69 Å². The van der Waals surface area contributed by atoms with Gasteiger partial charge < -0.3 is 14.4 Å². The number of ketones is 1. The van der Waals surface area contributed by atoms with Crippen LogP contribution in [0.1, 0.15) is 34.3 Å². The van der Waals surface area contributed by atoms with E-state index in [4.69, 9.17) is 4.74 Å². The highest BCUT2D eigenvalue weighted by molar-refractivity contribution is 6.16. The second-order valence-electron chi connectivity index (χ2n) is 7.96. The van der Waals surface area contributed by atoms with E-state index in [-0.39, 0.29) is 11.8 Å². The molecule has 2 atom stereocenters. The van der Waals surface area contributed by atoms with Crippen molar-refractivity contribution in [2.24, 2.45) is 0 Å². The zero-order valence-corrected chi connectivity index (χ0v) is 17.3. The minimum absolute atomic E-state index is 0.0480. The lowest BCUT2D eigenvalue weighted by molar-refractivity contribution is -0.108. The molecule has 0 radical (unpaired) electrons. The summed E-state index contributed by atoms with van der Waals surface area (Å²) >= 11 is 0. The molecular formula is C27H23NO3. The maximum Gasteiger partial charge on any atom is 0.195 e. The quantitative estimate of drug-likeness (QED) is 0.554. The van der Waals surface area contributed by atoms with Gasteiger partial charge in [-0.2, -0.15) is 0 Å². The number of hydrogen-bond acceptors (Lipinski definition) is 4. The second-order valence-corrected chi connectivity index (χ2v) is 7.96. The number of fused-ring (bicyclic) bond motifs is 3. The lowest BCUT2D eigenvalue weighted by Gasteiger charge is -2.47. The fraction of sp³-hybridized carbons (Fsp3) is 0.185. The van der Waals surface area contributed by atoms with E-state index in [1.54, 1.807) is 7.11 Å². The first-order chi connectivity index (χ1) is 15.2. The monoisotopic (exact) mass is 409 g/mol. The molecule has 3 aromatic rings. The highest BCUT2D eigenvalue weighted by Crippen LogP contribution is 2.53. The molecule has 3 aromatic carbocycles. The molecule has 0 saturated heterocycles. The van der Waals surface area contributed by atoms with Crippen LogP contribution < -0.4 is 9.64 Å². The Labute approximate surface area is 181 Å². The third-order valence-corrected chi connectivity index (χ3v) is 6.46. The van der Waals surface area contributed by atoms with Gasteiger partial charge in [-0.15, -0.1) is 0 Å². The number of aldehydes is 1. The SMILES string of the molecule is COc1ccc2c(c1)C(=O)[C@]1(c3ccccc3)CC=C(c3ccccc3)[C@@H](CC=O)N21. The Bertz CT molecular complexity index is 1170. The maximum atomic E-state index is 14.0. The Hall–Kier alpha value is -3.66. The summed E-state index contributed by atoms with van der Waals surface area (Å²) in [6.45, 7) is 0. The van der Waals surface area contributed by atoms with Crippen molar-refractivity contribution in [1.29, 1.82) is 0 Å². The summed E-state index contributed by atoms with van der Waals surface area (Å²) in [5, 5.41) is 0. The van der Waals surface area contributed by atoms with Crippen molar-refractivity contribution in [3.8, 4) is 5.75 Å². The van der Waals surface area contributed by atoms with Crippen molar-refractivity contribution in [2.75, 3.05) is 12.0 Å². The molecule has 154 valence electrons. The van der Waals surface area contributed by atoms with Crippen molar-refractivity contribution in [3.63, 3.8) is 0 Å². The van der Waals surface area contributed by atoms with Gasteiger partial charge in [-0.05, 0) is 34.9 Å². The van der Waals surface area contributed by atoms with E-state index in [1.807, 2.05) is 66.7 Å². The van der Waals surface area contributed by atoms with Crippen molar-refractivity contribution in [1.82, 2.24) is 0 Å². The standard InChI is InChI=1S/C27H23NO3/c1-31-21-12-13-24-23(18-21)26(30)27(20-10-6-3-7-11-20)16-14-22(19-8-4-2-5-9-19)25(15-17-29)28(24)27/h2-14,17-18,25H,15-16H2,1H3/t25-,27-/m1/s1. The number of nitrogens with zero attached hydrogens (tertiary/aromatic N) is 1. The van der Waals surface area contributed by atoms with Crippen LogP contribution >= 0.6 is 0 Å². The highest BCUT2D eigenvalue weighted by atomic mass is 16.5. The van der Waals surface area contributed by atoms with Crippen LogP contribution in [0.3, 0.4) is 0 Å². The number of anilines is 1. The van der Waals surface area contributed by atoms with Gasteiger partial charge in [-0.1, -0.05) is 66.7 Å². The minimum Gasteiger partial charge on any atom is -0.497 e. The van der Waals surface area contributed by atoms with Crippen molar-refractivity contribution in [3.05, 3.63) is 102 Å². The lowest BCUT2D eigenvalue weighted by atomic mass is 9.76. The first-order valence-corrected chi connectivity index (χ1v) is 10.5. The largest absolute Gasteiger partial charge is 0.497 e. The Morgan fingerprint density at radius 1 is 1.03 bits per heavy atom. The first kappa shape index (κ1) is 19.3. The molecule has 0 aromatic heterocycles. The number of hydrogen-bond donors (Lipinski definition) is 0. The minimum atomic E-state index is -0.873. The van der Waals surface area contributed by atoms with Gasteiger partial charge in [0.05, 0.1) is 13.2 Å². The summed E-state index contributed by atoms with van der Waals surface area (Å²) in [7, 11) is 1.60. The average Bonchev–Trinajstić information content (AvgIpc) is 3.09. The highest BCUT2D eigenvalue weighted by Gasteiger charge is 2.56. The predicted molar refractivity (Wildman–Crippen MR) is 121 cm³/mol. The molecule has 5 rings (SSSR count). The van der Waals surface area contributed by atoms with Gasteiger partial charge in [0.1, 0.15) is 17.6 Å². The van der Waals surface area contributed by atoms with Crippen molar-refractivity contribution < 1.29 is 14.3 Å². The van der Waals surface area contributed by atoms with Gasteiger partial charge in [0.2, 0.25) is 0 Å². The number of carbonyl (C=O) groups is 2. The van der Waals surface area contributed by atoms with E-state index in [0.717, 1.165) is 28.7 Å². The van der Waals surface area contributed by atoms with Gasteiger partial charge in [-0.25, -0.2) is 0 Å². The molecular weight excluding hydrogens is 386 g/mol. The zero-order chi connectivity index (χ0) is 21.4. The van der Waals surface area contributed by atoms with Crippen LogP contribution in [0.2, 0.25) is 0 Å². The van der Waals surface area contributed by atoms with Crippen molar-refractivity contribution in [2.45, 2.75) is 24.4 Å². The fourth-order valence-electron chi connectivity index (χ4n) is 5.10. The second kappa shape index (κ2) is 7.55. The van der Waals surface area contributed by atoms with Crippen LogP contribution in [0, 0.1) is 0 Å². The van der Waals surface area contributed by atoms with Crippen LogP contribution in [-0.2, 0) is 10.3 Å². The molecule has 0 spiro atoms. The van der Waals surface area contributed by atoms with Crippen molar-refractivity contribution >= 4 is 23.3 Å². The topological polar surface area (TPSA) is 46.6 Å². The summed E-state index contributed by atoms with van der Waals surface area (Å²) in [6.07, 6.45) is 3.93. The third kappa shape index (κ3) is 2.82. The van der Waals surface area contributed by atoms with E-state index in [9.17, 15) is 9.59 Å². The Kier molecular flexibility index (Phi) is 4.70. The number of rotatable bonds is 5. The van der Waals surface area contributed by atoms with Crippen LogP contribution in [0.25, 0.3) is 5.57 Å². The summed E-state index contributed by atoms with van der Waals surface area (Å²) in [5.74, 6) is 0.699. The van der Waals surface area contributed by atoms with Crippen LogP contribution in [0.15, 0.2) is 84.9 Å². The number of ether oxygens (including phenoxy) is 1. The van der Waals surface area contributed by atoms with Gasteiger partial charge in [0.15, 0.2) is 5.78 Å². The van der Waals surface area contributed by atoms with Gasteiger partial charge in [-0.3, -0.25) is 4.79 Å². The normalized spacial score (nSPS) is 21.8. The molecule has 0 saturated carbocycles. The number of Topliss-reactive ketones (excluding diaryl/α,β-unsaturated/α-hetero) is 1. The molecule has 0 aliphatic carbocycles. The Balaban J connectivity index is 1.77. The fourth-order valence-corrected chi connectivity index (χ4v) is 5.10. The van der Waals surface area contributed by atoms with Gasteiger partial charge in [0, 0.05) is 24.1 Å². The molecule has 0 fully saturated rings.